The molecular formula is C8H16N2O9S2. The van der Waals surface area contributed by atoms with Crippen molar-refractivity contribution < 1.29 is 39.4 Å². The molecule has 21 heavy (non-hydrogen) atoms. The van der Waals surface area contributed by atoms with Gasteiger partial charge in [-0.05, 0) is 24.6 Å². The van der Waals surface area contributed by atoms with E-state index in [0.29, 0.717) is 0 Å². The summed E-state index contributed by atoms with van der Waals surface area (Å²) in [5.74, 6) is -0.618. The molecule has 0 unspecified atom stereocenters. The zero-order valence-electron chi connectivity index (χ0n) is 10.7. The number of aliphatic hydroxyl groups is 1. The van der Waals surface area contributed by atoms with Gasteiger partial charge in [0.25, 0.3) is 0 Å². The Morgan fingerprint density at radius 1 is 0.952 bits per heavy atom. The van der Waals surface area contributed by atoms with E-state index in [-0.39, 0.29) is 35.8 Å². The third kappa shape index (κ3) is 8.41. The molecule has 0 aromatic heterocycles. The van der Waals surface area contributed by atoms with Crippen LogP contribution in [0.5, 0.6) is 11.5 Å². The summed E-state index contributed by atoms with van der Waals surface area (Å²) in [6.07, 6.45) is -0.0898. The second-order valence-corrected chi connectivity index (χ2v) is 5.31. The molecule has 0 fully saturated rings. The molecule has 0 aliphatic heterocycles. The summed E-state index contributed by atoms with van der Waals surface area (Å²) in [5.41, 5.74) is 0.0567. The highest BCUT2D eigenvalue weighted by atomic mass is 32.3. The maximum Gasteiger partial charge on any atom is 0.446 e. The summed E-state index contributed by atoms with van der Waals surface area (Å²) in [6.45, 7) is -0.392. The van der Waals surface area contributed by atoms with Gasteiger partial charge in [-0.3, -0.25) is 9.11 Å². The number of aliphatic hydroxyl groups excluding tert-OH is 1. The number of benzene rings is 1. The molecule has 0 saturated carbocycles. The van der Waals surface area contributed by atoms with Crippen LogP contribution in [0.25, 0.3) is 0 Å². The zero-order valence-corrected chi connectivity index (χ0v) is 12.3. The lowest BCUT2D eigenvalue weighted by atomic mass is 10.1. The highest BCUT2D eigenvalue weighted by molar-refractivity contribution is 7.81. The first-order valence-corrected chi connectivity index (χ1v) is 7.41. The molecule has 0 aliphatic rings. The molecule has 0 atom stereocenters. The van der Waals surface area contributed by atoms with E-state index in [4.69, 9.17) is 14.2 Å². The lowest BCUT2D eigenvalue weighted by molar-refractivity contribution is 0.297. The Labute approximate surface area is 121 Å². The van der Waals surface area contributed by atoms with Crippen molar-refractivity contribution in [2.75, 3.05) is 6.61 Å². The summed E-state index contributed by atoms with van der Waals surface area (Å²) in [4.78, 5) is 0. The lowest BCUT2D eigenvalue weighted by Gasteiger charge is -2.09. The molecule has 0 saturated heterocycles. The van der Waals surface area contributed by atoms with Gasteiger partial charge in [0.05, 0.1) is 0 Å². The smallest absolute Gasteiger partial charge is 0.396 e. The first-order chi connectivity index (χ1) is 8.61. The highest BCUT2D eigenvalue weighted by Gasteiger charge is 2.14. The average Bonchev–Trinajstić information content (AvgIpc) is 2.18. The van der Waals surface area contributed by atoms with Crippen molar-refractivity contribution in [2.45, 2.75) is 6.42 Å². The second-order valence-electron chi connectivity index (χ2n) is 3.27. The van der Waals surface area contributed by atoms with Crippen molar-refractivity contribution in [3.05, 3.63) is 23.8 Å². The van der Waals surface area contributed by atoms with Crippen LogP contribution in [0.4, 0.5) is 0 Å². The van der Waals surface area contributed by atoms with E-state index >= 15 is 0 Å². The number of hydrogen-bond acceptors (Lipinski definition) is 9. The predicted octanol–water partition coefficient (Wildman–Crippen LogP) is -0.0914. The fourth-order valence-electron chi connectivity index (χ4n) is 1.24. The maximum atomic E-state index is 10.6. The van der Waals surface area contributed by atoms with Crippen molar-refractivity contribution >= 4 is 20.8 Å². The van der Waals surface area contributed by atoms with Crippen molar-refractivity contribution in [1.82, 2.24) is 12.3 Å². The van der Waals surface area contributed by atoms with Gasteiger partial charge in [-0.15, -0.1) is 0 Å². The first kappa shape index (κ1) is 21.8. The molecule has 0 heterocycles. The Morgan fingerprint density at radius 2 is 1.48 bits per heavy atom. The fraction of sp³-hybridized carbons (Fsp3) is 0.250. The van der Waals surface area contributed by atoms with Crippen molar-refractivity contribution in [3.63, 3.8) is 0 Å². The maximum absolute atomic E-state index is 10.6. The second kappa shape index (κ2) is 8.08. The van der Waals surface area contributed by atoms with Crippen molar-refractivity contribution in [2.24, 2.45) is 0 Å². The van der Waals surface area contributed by atoms with Crippen LogP contribution in [0.1, 0.15) is 5.56 Å². The van der Waals surface area contributed by atoms with Gasteiger partial charge in [-0.25, -0.2) is 0 Å². The van der Waals surface area contributed by atoms with Gasteiger partial charge in [0, 0.05) is 12.2 Å². The van der Waals surface area contributed by atoms with E-state index in [0.717, 1.165) is 18.2 Å². The number of rotatable bonds is 6. The molecule has 11 nitrogen and oxygen atoms in total. The van der Waals surface area contributed by atoms with Crippen LogP contribution < -0.4 is 20.7 Å². The Bertz CT molecular complexity index is 656. The summed E-state index contributed by atoms with van der Waals surface area (Å²) in [7, 11) is -9.48. The Morgan fingerprint density at radius 3 is 1.90 bits per heavy atom. The molecule has 124 valence electrons. The van der Waals surface area contributed by atoms with Crippen LogP contribution in [-0.2, 0) is 27.2 Å². The molecule has 1 rings (SSSR count). The van der Waals surface area contributed by atoms with Gasteiger partial charge < -0.3 is 25.8 Å². The van der Waals surface area contributed by atoms with Crippen molar-refractivity contribution in [3.8, 4) is 11.5 Å². The Hall–Kier alpha value is -1.48. The third-order valence-corrected chi connectivity index (χ3v) is 2.60. The SMILES string of the molecule is N.N.O=S(=O)(O)Oc1ccc(OS(=O)(=O)O)c(CCO)c1. The first-order valence-electron chi connectivity index (χ1n) is 4.68. The Balaban J connectivity index is 0. The molecule has 1 aromatic rings. The fourth-order valence-corrected chi connectivity index (χ4v) is 1.98. The predicted molar refractivity (Wildman–Crippen MR) is 71.6 cm³/mol. The van der Waals surface area contributed by atoms with Gasteiger partial charge in [0.1, 0.15) is 11.5 Å². The van der Waals surface area contributed by atoms with E-state index in [1.54, 1.807) is 0 Å². The van der Waals surface area contributed by atoms with Crippen LogP contribution in [0.3, 0.4) is 0 Å². The van der Waals surface area contributed by atoms with Gasteiger partial charge in [0.2, 0.25) is 0 Å². The third-order valence-electron chi connectivity index (χ3n) is 1.81. The molecule has 9 N–H and O–H groups in total. The molecule has 1 aromatic carbocycles. The van der Waals surface area contributed by atoms with E-state index < -0.39 is 27.4 Å². The average molecular weight is 348 g/mol. The molecule has 13 heteroatoms. The minimum absolute atomic E-state index is 0. The van der Waals surface area contributed by atoms with Gasteiger partial charge >= 0.3 is 20.8 Å². The van der Waals surface area contributed by atoms with Crippen LogP contribution >= 0.6 is 0 Å². The van der Waals surface area contributed by atoms with Gasteiger partial charge in [0.15, 0.2) is 0 Å². The normalized spacial score (nSPS) is 11.0. The zero-order chi connectivity index (χ0) is 14.7. The van der Waals surface area contributed by atoms with Crippen LogP contribution in [0.2, 0.25) is 0 Å². The molecule has 0 radical (unpaired) electrons. The van der Waals surface area contributed by atoms with E-state index in [2.05, 4.69) is 8.37 Å². The highest BCUT2D eigenvalue weighted by Crippen LogP contribution is 2.26. The molecule has 0 bridgehead atoms. The molecular weight excluding hydrogens is 332 g/mol. The number of hydrogen-bond donors (Lipinski definition) is 5. The topological polar surface area (TPSA) is 217 Å². The minimum Gasteiger partial charge on any atom is -0.396 e. The summed E-state index contributed by atoms with van der Waals surface area (Å²) >= 11 is 0. The minimum atomic E-state index is -4.76. The summed E-state index contributed by atoms with van der Waals surface area (Å²) in [5, 5.41) is 8.79. The largest absolute Gasteiger partial charge is 0.446 e. The standard InChI is InChI=1S/C8H10O9S2.2H3N/c9-4-3-6-5-7(16-18(10,11)12)1-2-8(6)17-19(13,14)15;;/h1-2,5,9H,3-4H2,(H,10,11,12)(H,13,14,15);2*1H3. The van der Waals surface area contributed by atoms with E-state index in [9.17, 15) is 16.8 Å². The monoisotopic (exact) mass is 348 g/mol. The van der Waals surface area contributed by atoms with Crippen molar-refractivity contribution in [1.29, 1.82) is 0 Å². The van der Waals surface area contributed by atoms with Crippen LogP contribution in [0, 0.1) is 0 Å². The lowest BCUT2D eigenvalue weighted by Crippen LogP contribution is -2.10. The van der Waals surface area contributed by atoms with E-state index in [1.165, 1.54) is 0 Å². The quantitative estimate of drug-likeness (QED) is 0.427. The Kier molecular flexibility index (Phi) is 8.40. The van der Waals surface area contributed by atoms with Gasteiger partial charge in [-0.1, -0.05) is 0 Å². The summed E-state index contributed by atoms with van der Waals surface area (Å²) in [6, 6.07) is 3.03. The van der Waals surface area contributed by atoms with Crippen LogP contribution in [-0.4, -0.2) is 37.7 Å². The molecule has 0 aliphatic carbocycles. The molecule has 0 amide bonds. The molecule has 0 spiro atoms. The van der Waals surface area contributed by atoms with Gasteiger partial charge in [-0.2, -0.15) is 16.8 Å². The van der Waals surface area contributed by atoms with E-state index in [1.807, 2.05) is 0 Å². The summed E-state index contributed by atoms with van der Waals surface area (Å²) < 4.78 is 67.5. The van der Waals surface area contributed by atoms with Crippen LogP contribution in [0.15, 0.2) is 18.2 Å².